The molecule has 1 aromatic carbocycles. The molecule has 4 heteroatoms. The van der Waals surface area contributed by atoms with Crippen molar-refractivity contribution in [2.45, 2.75) is 25.8 Å². The number of hydrogen-bond donors (Lipinski definition) is 1. The van der Waals surface area contributed by atoms with Crippen LogP contribution in [0.15, 0.2) is 22.7 Å². The summed E-state index contributed by atoms with van der Waals surface area (Å²) in [7, 11) is 1.71. The Morgan fingerprint density at radius 1 is 1.41 bits per heavy atom. The fourth-order valence-electron chi connectivity index (χ4n) is 1.59. The Morgan fingerprint density at radius 3 is 2.82 bits per heavy atom. The van der Waals surface area contributed by atoms with E-state index in [1.807, 2.05) is 12.1 Å². The molecule has 2 nitrogen and oxygen atoms in total. The van der Waals surface area contributed by atoms with Crippen LogP contribution in [0.25, 0.3) is 0 Å². The second-order valence-corrected chi connectivity index (χ2v) is 4.90. The molecule has 0 heterocycles. The number of ether oxygens (including phenoxy) is 1. The number of halogens is 2. The van der Waals surface area contributed by atoms with Gasteiger partial charge in [0.1, 0.15) is 5.82 Å². The number of benzene rings is 1. The predicted molar refractivity (Wildman–Crippen MR) is 71.6 cm³/mol. The molecule has 0 radical (unpaired) electrons. The van der Waals surface area contributed by atoms with Crippen molar-refractivity contribution < 1.29 is 9.13 Å². The first kappa shape index (κ1) is 14.6. The molecule has 0 aliphatic carbocycles. The van der Waals surface area contributed by atoms with Gasteiger partial charge in [0.25, 0.3) is 0 Å². The molecule has 96 valence electrons. The zero-order valence-electron chi connectivity index (χ0n) is 10.3. The summed E-state index contributed by atoms with van der Waals surface area (Å²) in [6, 6.07) is 5.35. The second-order valence-electron chi connectivity index (χ2n) is 4.05. The summed E-state index contributed by atoms with van der Waals surface area (Å²) >= 11 is 3.20. The SMILES string of the molecule is COCCCCNC(C)c1ccc(F)c(Br)c1. The Kier molecular flexibility index (Phi) is 6.70. The highest BCUT2D eigenvalue weighted by molar-refractivity contribution is 9.10. The minimum atomic E-state index is -0.221. The van der Waals surface area contributed by atoms with Crippen molar-refractivity contribution in [3.05, 3.63) is 34.1 Å². The third-order valence-corrected chi connectivity index (χ3v) is 3.28. The van der Waals surface area contributed by atoms with Gasteiger partial charge in [-0.25, -0.2) is 4.39 Å². The maximum absolute atomic E-state index is 13.1. The van der Waals surface area contributed by atoms with E-state index in [0.717, 1.165) is 31.6 Å². The Balaban J connectivity index is 2.36. The fraction of sp³-hybridized carbons (Fsp3) is 0.538. The summed E-state index contributed by atoms with van der Waals surface area (Å²) in [4.78, 5) is 0. The van der Waals surface area contributed by atoms with Crippen LogP contribution in [0.4, 0.5) is 4.39 Å². The quantitative estimate of drug-likeness (QED) is 0.776. The molecule has 17 heavy (non-hydrogen) atoms. The molecule has 0 bridgehead atoms. The van der Waals surface area contributed by atoms with Crippen molar-refractivity contribution in [1.29, 1.82) is 0 Å². The molecule has 1 atom stereocenters. The third-order valence-electron chi connectivity index (χ3n) is 2.67. The van der Waals surface area contributed by atoms with Gasteiger partial charge in [0.05, 0.1) is 4.47 Å². The van der Waals surface area contributed by atoms with E-state index in [1.54, 1.807) is 7.11 Å². The average molecular weight is 304 g/mol. The van der Waals surface area contributed by atoms with Gasteiger partial charge in [-0.1, -0.05) is 6.07 Å². The van der Waals surface area contributed by atoms with E-state index in [1.165, 1.54) is 6.07 Å². The van der Waals surface area contributed by atoms with Crippen molar-refractivity contribution in [1.82, 2.24) is 5.32 Å². The van der Waals surface area contributed by atoms with Crippen LogP contribution in [-0.4, -0.2) is 20.3 Å². The van der Waals surface area contributed by atoms with Gasteiger partial charge in [-0.2, -0.15) is 0 Å². The average Bonchev–Trinajstić information content (AvgIpc) is 2.32. The number of unbranched alkanes of at least 4 members (excludes halogenated alkanes) is 1. The maximum Gasteiger partial charge on any atom is 0.137 e. The first-order valence-electron chi connectivity index (χ1n) is 5.82. The lowest BCUT2D eigenvalue weighted by molar-refractivity contribution is 0.192. The summed E-state index contributed by atoms with van der Waals surface area (Å²) in [5.74, 6) is -0.221. The highest BCUT2D eigenvalue weighted by Gasteiger charge is 2.07. The minimum Gasteiger partial charge on any atom is -0.385 e. The summed E-state index contributed by atoms with van der Waals surface area (Å²) in [5.41, 5.74) is 1.09. The van der Waals surface area contributed by atoms with Crippen LogP contribution in [0, 0.1) is 5.82 Å². The van der Waals surface area contributed by atoms with Gasteiger partial charge in [-0.15, -0.1) is 0 Å². The molecular weight excluding hydrogens is 285 g/mol. The zero-order valence-corrected chi connectivity index (χ0v) is 11.9. The van der Waals surface area contributed by atoms with Gasteiger partial charge in [-0.3, -0.25) is 0 Å². The smallest absolute Gasteiger partial charge is 0.137 e. The maximum atomic E-state index is 13.1. The lowest BCUT2D eigenvalue weighted by Gasteiger charge is -2.14. The van der Waals surface area contributed by atoms with Crippen molar-refractivity contribution in [3.8, 4) is 0 Å². The molecule has 1 aromatic rings. The molecule has 0 amide bonds. The van der Waals surface area contributed by atoms with Gasteiger partial charge >= 0.3 is 0 Å². The third kappa shape index (κ3) is 5.15. The largest absolute Gasteiger partial charge is 0.385 e. The second kappa shape index (κ2) is 7.80. The molecule has 0 fully saturated rings. The van der Waals surface area contributed by atoms with Gasteiger partial charge in [0.15, 0.2) is 0 Å². The first-order valence-corrected chi connectivity index (χ1v) is 6.61. The van der Waals surface area contributed by atoms with E-state index in [-0.39, 0.29) is 11.9 Å². The molecule has 0 aliphatic heterocycles. The van der Waals surface area contributed by atoms with Crippen molar-refractivity contribution in [2.75, 3.05) is 20.3 Å². The van der Waals surface area contributed by atoms with Gasteiger partial charge in [0.2, 0.25) is 0 Å². The van der Waals surface area contributed by atoms with E-state index in [9.17, 15) is 4.39 Å². The van der Waals surface area contributed by atoms with Crippen molar-refractivity contribution in [2.24, 2.45) is 0 Å². The Bertz CT molecular complexity index is 346. The van der Waals surface area contributed by atoms with Crippen LogP contribution >= 0.6 is 15.9 Å². The molecule has 1 unspecified atom stereocenters. The molecule has 0 saturated heterocycles. The Morgan fingerprint density at radius 2 is 2.18 bits per heavy atom. The molecule has 0 aromatic heterocycles. The Hall–Kier alpha value is -0.450. The van der Waals surface area contributed by atoms with E-state index in [0.29, 0.717) is 4.47 Å². The van der Waals surface area contributed by atoms with Crippen LogP contribution in [0.3, 0.4) is 0 Å². The molecule has 0 saturated carbocycles. The standard InChI is InChI=1S/C13H19BrFNO/c1-10(16-7-3-4-8-17-2)11-5-6-13(15)12(14)9-11/h5-6,9-10,16H,3-4,7-8H2,1-2H3. The van der Waals surface area contributed by atoms with Crippen LogP contribution in [0.2, 0.25) is 0 Å². The lowest BCUT2D eigenvalue weighted by Crippen LogP contribution is -2.20. The number of hydrogen-bond acceptors (Lipinski definition) is 2. The highest BCUT2D eigenvalue weighted by atomic mass is 79.9. The molecule has 1 rings (SSSR count). The number of methoxy groups -OCH3 is 1. The molecule has 1 N–H and O–H groups in total. The number of nitrogens with one attached hydrogen (secondary N) is 1. The van der Waals surface area contributed by atoms with Gasteiger partial charge in [-0.05, 0) is 59.9 Å². The normalized spacial score (nSPS) is 12.7. The number of rotatable bonds is 7. The van der Waals surface area contributed by atoms with Gasteiger partial charge < -0.3 is 10.1 Å². The van der Waals surface area contributed by atoms with Crippen LogP contribution < -0.4 is 5.32 Å². The van der Waals surface area contributed by atoms with E-state index >= 15 is 0 Å². The molecule has 0 aliphatic rings. The van der Waals surface area contributed by atoms with E-state index < -0.39 is 0 Å². The predicted octanol–water partition coefficient (Wildman–Crippen LogP) is 3.67. The summed E-state index contributed by atoms with van der Waals surface area (Å²) in [6.45, 7) is 3.83. The molecular formula is C13H19BrFNO. The highest BCUT2D eigenvalue weighted by Crippen LogP contribution is 2.21. The summed E-state index contributed by atoms with van der Waals surface area (Å²) in [6.07, 6.45) is 2.14. The lowest BCUT2D eigenvalue weighted by atomic mass is 10.1. The van der Waals surface area contributed by atoms with Crippen molar-refractivity contribution >= 4 is 15.9 Å². The Labute approximate surface area is 111 Å². The monoisotopic (exact) mass is 303 g/mol. The topological polar surface area (TPSA) is 21.3 Å². The van der Waals surface area contributed by atoms with Crippen LogP contribution in [-0.2, 0) is 4.74 Å². The van der Waals surface area contributed by atoms with Gasteiger partial charge in [0, 0.05) is 19.8 Å². The van der Waals surface area contributed by atoms with Crippen molar-refractivity contribution in [3.63, 3.8) is 0 Å². The summed E-state index contributed by atoms with van der Waals surface area (Å²) < 4.78 is 18.6. The zero-order chi connectivity index (χ0) is 12.7. The van der Waals surface area contributed by atoms with Crippen LogP contribution in [0.1, 0.15) is 31.4 Å². The van der Waals surface area contributed by atoms with Crippen LogP contribution in [0.5, 0.6) is 0 Å². The van der Waals surface area contributed by atoms with E-state index in [2.05, 4.69) is 28.2 Å². The minimum absolute atomic E-state index is 0.221. The summed E-state index contributed by atoms with van der Waals surface area (Å²) in [5, 5.41) is 3.41. The van der Waals surface area contributed by atoms with E-state index in [4.69, 9.17) is 4.74 Å². The molecule has 0 spiro atoms. The first-order chi connectivity index (χ1) is 8.15. The fourth-order valence-corrected chi connectivity index (χ4v) is 1.99.